The lowest BCUT2D eigenvalue weighted by Gasteiger charge is -2.19. The maximum atomic E-state index is 10.8. The van der Waals surface area contributed by atoms with Crippen molar-refractivity contribution in [2.45, 2.75) is 33.2 Å². The van der Waals surface area contributed by atoms with Gasteiger partial charge in [-0.15, -0.1) is 0 Å². The molecule has 0 radical (unpaired) electrons. The number of nitrogens with zero attached hydrogens (tertiary/aromatic N) is 4. The highest BCUT2D eigenvalue weighted by molar-refractivity contribution is 5.69. The minimum absolute atomic E-state index is 0.120. The second-order valence-electron chi connectivity index (χ2n) is 6.00. The predicted octanol–water partition coefficient (Wildman–Crippen LogP) is 0.860. The van der Waals surface area contributed by atoms with Crippen molar-refractivity contribution in [1.82, 2.24) is 19.9 Å². The molecule has 1 aliphatic rings. The Morgan fingerprint density at radius 2 is 2.00 bits per heavy atom. The predicted molar refractivity (Wildman–Crippen MR) is 76.8 cm³/mol. The van der Waals surface area contributed by atoms with Crippen LogP contribution in [0.25, 0.3) is 0 Å². The highest BCUT2D eigenvalue weighted by Gasteiger charge is 2.18. The van der Waals surface area contributed by atoms with Gasteiger partial charge >= 0.3 is 5.97 Å². The van der Waals surface area contributed by atoms with E-state index in [9.17, 15) is 4.79 Å². The third kappa shape index (κ3) is 5.43. The highest BCUT2D eigenvalue weighted by atomic mass is 16.5. The monoisotopic (exact) mass is 296 g/mol. The first-order valence-corrected chi connectivity index (χ1v) is 7.51. The molecule has 1 aromatic heterocycles. The van der Waals surface area contributed by atoms with Gasteiger partial charge in [0.05, 0.1) is 13.1 Å². The quantitative estimate of drug-likeness (QED) is 0.833. The molecule has 0 saturated carbocycles. The van der Waals surface area contributed by atoms with Crippen molar-refractivity contribution in [2.75, 3.05) is 32.7 Å². The molecule has 7 nitrogen and oxygen atoms in total. The standard InChI is InChI=1S/C14H24N4O3/c1-11(2)8-13-15-12(16-21-13)9-17-4-3-5-18(7-6-17)10-14(19)20/h11H,3-10H2,1-2H3,(H,19,20). The number of rotatable bonds is 6. The van der Waals surface area contributed by atoms with Crippen LogP contribution in [0.15, 0.2) is 4.52 Å². The van der Waals surface area contributed by atoms with Gasteiger partial charge in [0.2, 0.25) is 5.89 Å². The zero-order chi connectivity index (χ0) is 15.2. The van der Waals surface area contributed by atoms with Crippen LogP contribution < -0.4 is 0 Å². The summed E-state index contributed by atoms with van der Waals surface area (Å²) in [6.07, 6.45) is 1.77. The Balaban J connectivity index is 1.83. The first-order valence-electron chi connectivity index (χ1n) is 7.51. The van der Waals surface area contributed by atoms with E-state index in [-0.39, 0.29) is 6.54 Å². The molecule has 1 saturated heterocycles. The highest BCUT2D eigenvalue weighted by Crippen LogP contribution is 2.09. The molecule has 0 atom stereocenters. The molecule has 0 aromatic carbocycles. The smallest absolute Gasteiger partial charge is 0.317 e. The summed E-state index contributed by atoms with van der Waals surface area (Å²) in [5, 5.41) is 12.9. The first kappa shape index (κ1) is 15.9. The van der Waals surface area contributed by atoms with Crippen LogP contribution in [0, 0.1) is 5.92 Å². The summed E-state index contributed by atoms with van der Waals surface area (Å²) in [4.78, 5) is 19.4. The van der Waals surface area contributed by atoms with Crippen molar-refractivity contribution in [3.8, 4) is 0 Å². The number of hydrogen-bond donors (Lipinski definition) is 1. The van der Waals surface area contributed by atoms with Crippen LogP contribution in [0.1, 0.15) is 32.0 Å². The largest absolute Gasteiger partial charge is 0.480 e. The first-order chi connectivity index (χ1) is 10.0. The van der Waals surface area contributed by atoms with Gasteiger partial charge in [-0.2, -0.15) is 4.98 Å². The van der Waals surface area contributed by atoms with Crippen LogP contribution >= 0.6 is 0 Å². The fourth-order valence-electron chi connectivity index (χ4n) is 2.52. The van der Waals surface area contributed by atoms with E-state index in [4.69, 9.17) is 9.63 Å². The van der Waals surface area contributed by atoms with Gasteiger partial charge in [0.1, 0.15) is 0 Å². The molecule has 0 amide bonds. The molecule has 1 aromatic rings. The molecule has 2 rings (SSSR count). The third-order valence-electron chi connectivity index (χ3n) is 3.50. The summed E-state index contributed by atoms with van der Waals surface area (Å²) in [7, 11) is 0. The summed E-state index contributed by atoms with van der Waals surface area (Å²) in [6, 6.07) is 0. The molecule has 1 fully saturated rings. The lowest BCUT2D eigenvalue weighted by atomic mass is 10.1. The minimum Gasteiger partial charge on any atom is -0.480 e. The average molecular weight is 296 g/mol. The van der Waals surface area contributed by atoms with E-state index >= 15 is 0 Å². The minimum atomic E-state index is -0.764. The van der Waals surface area contributed by atoms with Gasteiger partial charge in [-0.3, -0.25) is 14.6 Å². The molecule has 0 unspecified atom stereocenters. The van der Waals surface area contributed by atoms with Crippen molar-refractivity contribution in [3.63, 3.8) is 0 Å². The molecule has 0 bridgehead atoms. The van der Waals surface area contributed by atoms with Crippen LogP contribution in [0.3, 0.4) is 0 Å². The van der Waals surface area contributed by atoms with Gasteiger partial charge in [0.25, 0.3) is 0 Å². The molecular formula is C14H24N4O3. The second-order valence-corrected chi connectivity index (χ2v) is 6.00. The summed E-state index contributed by atoms with van der Waals surface area (Å²) < 4.78 is 5.25. The van der Waals surface area contributed by atoms with Crippen LogP contribution in [-0.2, 0) is 17.8 Å². The van der Waals surface area contributed by atoms with Crippen LogP contribution in [-0.4, -0.2) is 63.7 Å². The SMILES string of the molecule is CC(C)Cc1nc(CN2CCCN(CC(=O)O)CC2)no1. The number of aliphatic carboxylic acids is 1. The zero-order valence-corrected chi connectivity index (χ0v) is 12.8. The molecule has 0 spiro atoms. The Morgan fingerprint density at radius 3 is 2.71 bits per heavy atom. The van der Waals surface area contributed by atoms with Crippen LogP contribution in [0.2, 0.25) is 0 Å². The van der Waals surface area contributed by atoms with Crippen molar-refractivity contribution in [1.29, 1.82) is 0 Å². The van der Waals surface area contributed by atoms with Gasteiger partial charge in [0.15, 0.2) is 5.82 Å². The molecule has 7 heteroatoms. The molecule has 118 valence electrons. The normalized spacial score (nSPS) is 18.0. The van der Waals surface area contributed by atoms with Gasteiger partial charge in [0, 0.05) is 26.1 Å². The van der Waals surface area contributed by atoms with E-state index in [1.807, 2.05) is 4.90 Å². The Bertz CT molecular complexity index is 461. The Kier molecular flexibility index (Phi) is 5.69. The summed E-state index contributed by atoms with van der Waals surface area (Å²) in [5.41, 5.74) is 0. The fraction of sp³-hybridized carbons (Fsp3) is 0.786. The fourth-order valence-corrected chi connectivity index (χ4v) is 2.52. The number of carboxylic acids is 1. The van der Waals surface area contributed by atoms with Crippen molar-refractivity contribution in [2.24, 2.45) is 5.92 Å². The van der Waals surface area contributed by atoms with E-state index in [1.165, 1.54) is 0 Å². The molecule has 1 N–H and O–H groups in total. The van der Waals surface area contributed by atoms with Crippen molar-refractivity contribution in [3.05, 3.63) is 11.7 Å². The maximum Gasteiger partial charge on any atom is 0.317 e. The summed E-state index contributed by atoms with van der Waals surface area (Å²) in [6.45, 7) is 8.39. The molecule has 0 aliphatic carbocycles. The number of carboxylic acid groups (broad SMARTS) is 1. The molecule has 1 aliphatic heterocycles. The van der Waals surface area contributed by atoms with Crippen molar-refractivity contribution < 1.29 is 14.4 Å². The Labute approximate surface area is 124 Å². The maximum absolute atomic E-state index is 10.8. The van der Waals surface area contributed by atoms with Crippen LogP contribution in [0.4, 0.5) is 0 Å². The van der Waals surface area contributed by atoms with E-state index in [0.717, 1.165) is 44.8 Å². The van der Waals surface area contributed by atoms with Gasteiger partial charge in [-0.05, 0) is 18.9 Å². The van der Waals surface area contributed by atoms with Crippen LogP contribution in [0.5, 0.6) is 0 Å². The van der Waals surface area contributed by atoms with Crippen molar-refractivity contribution >= 4 is 5.97 Å². The second kappa shape index (κ2) is 7.51. The lowest BCUT2D eigenvalue weighted by molar-refractivity contribution is -0.138. The molecular weight excluding hydrogens is 272 g/mol. The zero-order valence-electron chi connectivity index (χ0n) is 12.8. The number of carbonyl (C=O) groups is 1. The van der Waals surface area contributed by atoms with Gasteiger partial charge in [-0.1, -0.05) is 19.0 Å². The topological polar surface area (TPSA) is 82.7 Å². The summed E-state index contributed by atoms with van der Waals surface area (Å²) in [5.74, 6) is 1.15. The van der Waals surface area contributed by atoms with Gasteiger partial charge < -0.3 is 9.63 Å². The lowest BCUT2D eigenvalue weighted by Crippen LogP contribution is -2.34. The van der Waals surface area contributed by atoms with E-state index in [2.05, 4.69) is 28.9 Å². The Hall–Kier alpha value is -1.47. The van der Waals surface area contributed by atoms with E-state index in [0.29, 0.717) is 18.4 Å². The summed E-state index contributed by atoms with van der Waals surface area (Å²) >= 11 is 0. The number of aromatic nitrogens is 2. The number of hydrogen-bond acceptors (Lipinski definition) is 6. The Morgan fingerprint density at radius 1 is 1.29 bits per heavy atom. The molecule has 21 heavy (non-hydrogen) atoms. The van der Waals surface area contributed by atoms with E-state index in [1.54, 1.807) is 0 Å². The van der Waals surface area contributed by atoms with Gasteiger partial charge in [-0.25, -0.2) is 0 Å². The van der Waals surface area contributed by atoms with E-state index < -0.39 is 5.97 Å². The average Bonchev–Trinajstić information content (AvgIpc) is 2.69. The third-order valence-corrected chi connectivity index (χ3v) is 3.50. The molecule has 2 heterocycles.